The molecule has 5 amide bonds. The lowest BCUT2D eigenvalue weighted by atomic mass is 9.85. The van der Waals surface area contributed by atoms with Gasteiger partial charge in [0.2, 0.25) is 15.7 Å². The number of ether oxygens (including phenoxy) is 1. The number of hydrogen-bond donors (Lipinski definition) is 6. The van der Waals surface area contributed by atoms with Gasteiger partial charge in [-0.25, -0.2) is 23.2 Å². The van der Waals surface area contributed by atoms with E-state index in [0.717, 1.165) is 16.1 Å². The first-order valence-corrected chi connectivity index (χ1v) is 22.9. The molecule has 2 heterocycles. The number of nitrogens with two attached hydrogens (primary N) is 2. The number of unbranched alkanes of at least 4 members (excludes halogenated alkanes) is 1. The maximum absolute atomic E-state index is 15.2. The zero-order valence-corrected chi connectivity index (χ0v) is 37.8. The minimum atomic E-state index is -4.57. The zero-order valence-electron chi connectivity index (χ0n) is 37.0. The first-order valence-electron chi connectivity index (χ1n) is 21.5. The summed E-state index contributed by atoms with van der Waals surface area (Å²) < 4.78 is 35.6. The highest BCUT2D eigenvalue weighted by Gasteiger charge is 2.57. The number of sulfone groups is 1. The summed E-state index contributed by atoms with van der Waals surface area (Å²) >= 11 is 0. The van der Waals surface area contributed by atoms with Crippen molar-refractivity contribution < 1.29 is 42.2 Å². The summed E-state index contributed by atoms with van der Waals surface area (Å²) in [7, 11) is -4.57. The lowest BCUT2D eigenvalue weighted by Crippen LogP contribution is -2.65. The van der Waals surface area contributed by atoms with Crippen LogP contribution in [0.2, 0.25) is 0 Å². The number of aryl methyl sites for hydroxylation is 1. The van der Waals surface area contributed by atoms with Gasteiger partial charge in [0.1, 0.15) is 21.7 Å². The van der Waals surface area contributed by atoms with Gasteiger partial charge in [-0.15, -0.1) is 0 Å². The summed E-state index contributed by atoms with van der Waals surface area (Å²) in [5.41, 5.74) is 12.4. The molecule has 8 N–H and O–H groups in total. The second kappa shape index (κ2) is 20.2. The Morgan fingerprint density at radius 3 is 2.12 bits per heavy atom. The highest BCUT2D eigenvalue weighted by Crippen LogP contribution is 2.48. The Hall–Kier alpha value is -6.40. The molecule has 0 aromatic heterocycles. The van der Waals surface area contributed by atoms with E-state index in [9.17, 15) is 19.5 Å². The summed E-state index contributed by atoms with van der Waals surface area (Å²) in [6, 6.07) is 27.6. The largest absolute Gasteiger partial charge is 0.444 e. The van der Waals surface area contributed by atoms with E-state index in [2.05, 4.69) is 16.0 Å². The Labute approximate surface area is 379 Å². The van der Waals surface area contributed by atoms with Crippen molar-refractivity contribution in [2.75, 3.05) is 13.1 Å². The predicted octanol–water partition coefficient (Wildman–Crippen LogP) is 4.08. The fraction of sp³-hybridized carbons (Fsp3) is 0.354. The van der Waals surface area contributed by atoms with Crippen LogP contribution in [0.4, 0.5) is 4.79 Å². The monoisotopic (exact) mass is 907 g/mol. The molecular formula is C48H57N7O9S. The number of rotatable bonds is 17. The number of hydrazine groups is 1. The lowest BCUT2D eigenvalue weighted by Gasteiger charge is -2.45. The van der Waals surface area contributed by atoms with Crippen molar-refractivity contribution in [1.82, 2.24) is 26.0 Å². The van der Waals surface area contributed by atoms with Crippen LogP contribution in [0.3, 0.4) is 0 Å². The maximum Gasteiger partial charge on any atom is 0.407 e. The van der Waals surface area contributed by atoms with Gasteiger partial charge >= 0.3 is 6.09 Å². The van der Waals surface area contributed by atoms with Gasteiger partial charge in [-0.1, -0.05) is 90.5 Å². The quantitative estimate of drug-likeness (QED) is 0.0825. The van der Waals surface area contributed by atoms with Crippen LogP contribution in [-0.4, -0.2) is 89.6 Å². The fourth-order valence-electron chi connectivity index (χ4n) is 7.90. The van der Waals surface area contributed by atoms with E-state index in [1.807, 2.05) is 37.3 Å². The molecule has 2 aliphatic heterocycles. The molecular weight excluding hydrogens is 851 g/mol. The highest BCUT2D eigenvalue weighted by molar-refractivity contribution is 7.95. The Kier molecular flexibility index (Phi) is 14.9. The van der Waals surface area contributed by atoms with Crippen LogP contribution >= 0.6 is 0 Å². The van der Waals surface area contributed by atoms with Crippen molar-refractivity contribution in [3.8, 4) is 0 Å². The molecule has 16 nitrogen and oxygen atoms in total. The third-order valence-corrected chi connectivity index (χ3v) is 13.1. The van der Waals surface area contributed by atoms with Gasteiger partial charge in [0, 0.05) is 25.2 Å². The number of nitrogens with zero attached hydrogens (tertiary/aromatic N) is 2. The number of primary amides is 1. The average molecular weight is 908 g/mol. The van der Waals surface area contributed by atoms with Crippen molar-refractivity contribution in [2.24, 2.45) is 11.5 Å². The fourth-order valence-corrected chi connectivity index (χ4v) is 9.64. The Morgan fingerprint density at radius 2 is 1.51 bits per heavy atom. The number of carbonyl (C=O) groups is 5. The van der Waals surface area contributed by atoms with Gasteiger partial charge in [-0.05, 0) is 101 Å². The number of aliphatic hydroxyl groups excluding tert-OH is 1. The third-order valence-electron chi connectivity index (χ3n) is 11.2. The first kappa shape index (κ1) is 48.1. The van der Waals surface area contributed by atoms with E-state index < -0.39 is 74.6 Å². The van der Waals surface area contributed by atoms with Crippen LogP contribution < -0.4 is 27.4 Å². The maximum atomic E-state index is 15.2. The molecule has 0 spiro atoms. The van der Waals surface area contributed by atoms with Crippen LogP contribution in [0.15, 0.2) is 125 Å². The molecule has 3 unspecified atom stereocenters. The molecule has 6 rings (SSSR count). The van der Waals surface area contributed by atoms with Crippen LogP contribution in [0.25, 0.3) is 0 Å². The second-order valence-corrected chi connectivity index (χ2v) is 19.3. The van der Waals surface area contributed by atoms with Gasteiger partial charge in [0.25, 0.3) is 17.7 Å². The molecule has 0 saturated carbocycles. The number of amides is 5. The van der Waals surface area contributed by atoms with Gasteiger partial charge in [-0.2, -0.15) is 0 Å². The molecule has 4 aromatic carbocycles. The Morgan fingerprint density at radius 1 is 0.877 bits per heavy atom. The van der Waals surface area contributed by atoms with Crippen molar-refractivity contribution in [3.63, 3.8) is 0 Å². The number of nitrogens with one attached hydrogen (secondary N) is 3. The summed E-state index contributed by atoms with van der Waals surface area (Å²) in [6.45, 7) is 7.19. The van der Waals surface area contributed by atoms with Crippen LogP contribution in [0.5, 0.6) is 0 Å². The standard InChI is InChI=1S/C48H57N7O9S/c1-31-18-24-36(25-19-31)65(62,63)41-38(34-15-9-6-10-16-34)54-28-26-48(50,29-32-13-7-5-8-14-32)45(60)55(54)39(41)43(58)53-37(17-11-12-27-51-46(61)64-47(2,3)4)40(56)44(59)52-30-33-20-22-35(23-21-33)42(49)57/h5-10,13-16,18-25,37-38,40,56H,11-12,17,26-30,50H2,1-4H3,(H2,49,57)(H,51,61)(H,52,59)(H,53,58)/t37-,38?,40?,48?/m0/s1. The molecule has 2 aliphatic rings. The molecule has 65 heavy (non-hydrogen) atoms. The van der Waals surface area contributed by atoms with Gasteiger partial charge in [-0.3, -0.25) is 19.2 Å². The number of alkyl carbamates (subject to hydrolysis) is 1. The average Bonchev–Trinajstić information content (AvgIpc) is 3.63. The Bertz CT molecular complexity index is 2510. The number of benzene rings is 4. The minimum absolute atomic E-state index is 0.0223. The van der Waals surface area contributed by atoms with Crippen molar-refractivity contribution >= 4 is 39.6 Å². The molecule has 0 bridgehead atoms. The first-order chi connectivity index (χ1) is 30.8. The topological polar surface area (TPSA) is 244 Å². The van der Waals surface area contributed by atoms with Crippen molar-refractivity contribution in [2.45, 2.75) is 101 Å². The predicted molar refractivity (Wildman–Crippen MR) is 243 cm³/mol. The third kappa shape index (κ3) is 11.5. The smallest absolute Gasteiger partial charge is 0.407 e. The number of hydrogen-bond acceptors (Lipinski definition) is 11. The van der Waals surface area contributed by atoms with Gasteiger partial charge in [0.15, 0.2) is 6.10 Å². The molecule has 1 saturated heterocycles. The van der Waals surface area contributed by atoms with Crippen LogP contribution in [0, 0.1) is 6.92 Å². The van der Waals surface area contributed by atoms with E-state index in [4.69, 9.17) is 16.2 Å². The zero-order chi connectivity index (χ0) is 47.1. The second-order valence-electron chi connectivity index (χ2n) is 17.4. The molecule has 1 fully saturated rings. The van der Waals surface area contributed by atoms with Crippen molar-refractivity contribution in [3.05, 3.63) is 148 Å². The Balaban J connectivity index is 1.39. The molecule has 344 valence electrons. The molecule has 4 atom stereocenters. The minimum Gasteiger partial charge on any atom is -0.444 e. The molecule has 0 aliphatic carbocycles. The summed E-state index contributed by atoms with van der Waals surface area (Å²) in [4.78, 5) is 67.4. The number of carbonyl (C=O) groups excluding carboxylic acids is 5. The summed E-state index contributed by atoms with van der Waals surface area (Å²) in [6.07, 6.45) is -1.72. The van der Waals surface area contributed by atoms with Gasteiger partial charge in [0.05, 0.1) is 17.0 Å². The van der Waals surface area contributed by atoms with E-state index in [-0.39, 0.29) is 60.7 Å². The van der Waals surface area contributed by atoms with E-state index in [1.54, 1.807) is 80.4 Å². The molecule has 0 radical (unpaired) electrons. The summed E-state index contributed by atoms with van der Waals surface area (Å²) in [5.74, 6) is -3.24. The highest BCUT2D eigenvalue weighted by atomic mass is 32.2. The van der Waals surface area contributed by atoms with Gasteiger partial charge < -0.3 is 37.3 Å². The van der Waals surface area contributed by atoms with Crippen LogP contribution in [-0.2, 0) is 41.9 Å². The van der Waals surface area contributed by atoms with E-state index in [0.29, 0.717) is 17.5 Å². The van der Waals surface area contributed by atoms with E-state index in [1.165, 1.54) is 24.3 Å². The normalized spacial score (nSPS) is 18.6. The van der Waals surface area contributed by atoms with Crippen LogP contribution in [0.1, 0.15) is 85.1 Å². The number of fused-ring (bicyclic) bond motifs is 1. The SMILES string of the molecule is Cc1ccc(S(=O)(=O)C2=C(C(=O)N[C@@H](CCCCNC(=O)OC(C)(C)C)C(O)C(=O)NCc3ccc(C(N)=O)cc3)N3C(=O)C(N)(Cc4ccccc4)CCN3C2c2ccccc2)cc1. The lowest BCUT2D eigenvalue weighted by molar-refractivity contribution is -0.160. The van der Waals surface area contributed by atoms with E-state index >= 15 is 18.0 Å². The van der Waals surface area contributed by atoms with Crippen molar-refractivity contribution in [1.29, 1.82) is 0 Å². The summed E-state index contributed by atoms with van der Waals surface area (Å²) in [5, 5.41) is 22.4. The number of aliphatic hydroxyl groups is 1. The molecule has 4 aromatic rings. The molecule has 17 heteroatoms.